The molecule has 1 aliphatic heterocycles. The number of rotatable bonds is 2. The van der Waals surface area contributed by atoms with Crippen molar-refractivity contribution in [1.29, 1.82) is 0 Å². The Balaban J connectivity index is 2.25. The number of hydrogen-bond donors (Lipinski definition) is 1. The van der Waals surface area contributed by atoms with Gasteiger partial charge in [0.05, 0.1) is 12.6 Å². The lowest BCUT2D eigenvalue weighted by Gasteiger charge is -2.11. The Bertz CT molecular complexity index is 365. The minimum absolute atomic E-state index is 0.171. The van der Waals surface area contributed by atoms with E-state index in [1.165, 1.54) is 0 Å². The van der Waals surface area contributed by atoms with Crippen molar-refractivity contribution in [3.63, 3.8) is 0 Å². The lowest BCUT2D eigenvalue weighted by Crippen LogP contribution is -2.13. The third-order valence-electron chi connectivity index (χ3n) is 2.45. The second-order valence-corrected chi connectivity index (χ2v) is 3.59. The van der Waals surface area contributed by atoms with Crippen LogP contribution >= 0.6 is 0 Å². The van der Waals surface area contributed by atoms with E-state index in [9.17, 15) is 0 Å². The maximum atomic E-state index is 6.06. The fraction of sp³-hybridized carbons (Fsp3) is 0.455. The van der Waals surface area contributed by atoms with Crippen LogP contribution in [-0.4, -0.2) is 6.61 Å². The Kier molecular flexibility index (Phi) is 2.33. The van der Waals surface area contributed by atoms with Crippen molar-refractivity contribution in [2.45, 2.75) is 26.3 Å². The maximum Gasteiger partial charge on any atom is 0.113 e. The Morgan fingerprint density at radius 3 is 2.71 bits per heavy atom. The average Bonchev–Trinajstić information content (AvgIpc) is 2.73. The van der Waals surface area contributed by atoms with Crippen LogP contribution in [0, 0.1) is 13.8 Å². The van der Waals surface area contributed by atoms with Crippen LogP contribution in [0.5, 0.6) is 0 Å². The van der Waals surface area contributed by atoms with Crippen LogP contribution < -0.4 is 5.73 Å². The third-order valence-corrected chi connectivity index (χ3v) is 2.45. The summed E-state index contributed by atoms with van der Waals surface area (Å²) in [7, 11) is 0. The first-order valence-electron chi connectivity index (χ1n) is 4.84. The molecule has 3 heteroatoms. The summed E-state index contributed by atoms with van der Waals surface area (Å²) >= 11 is 0. The summed E-state index contributed by atoms with van der Waals surface area (Å²) in [6.45, 7) is 4.60. The summed E-state index contributed by atoms with van der Waals surface area (Å²) in [5, 5.41) is 0. The molecule has 0 bridgehead atoms. The fourth-order valence-corrected chi connectivity index (χ4v) is 1.77. The zero-order valence-corrected chi connectivity index (χ0v) is 8.54. The Hall–Kier alpha value is -1.22. The molecule has 0 radical (unpaired) electrons. The first-order valence-corrected chi connectivity index (χ1v) is 4.84. The van der Waals surface area contributed by atoms with Crippen LogP contribution in [0.3, 0.4) is 0 Å². The first kappa shape index (κ1) is 9.34. The molecule has 1 aromatic rings. The molecule has 0 amide bonds. The highest BCUT2D eigenvalue weighted by Crippen LogP contribution is 2.28. The molecule has 0 saturated heterocycles. The van der Waals surface area contributed by atoms with E-state index >= 15 is 0 Å². The number of aryl methyl sites for hydroxylation is 2. The van der Waals surface area contributed by atoms with Gasteiger partial charge in [-0.15, -0.1) is 0 Å². The smallest absolute Gasteiger partial charge is 0.113 e. The fourth-order valence-electron chi connectivity index (χ4n) is 1.77. The second kappa shape index (κ2) is 3.50. The molecule has 1 aromatic heterocycles. The summed E-state index contributed by atoms with van der Waals surface area (Å²) < 4.78 is 10.9. The zero-order valence-electron chi connectivity index (χ0n) is 8.54. The number of furan rings is 1. The largest absolute Gasteiger partial charge is 0.496 e. The standard InChI is InChI=1S/C11H15NO2/c1-7-6-9(8(2)14-7)11(12)10-4-3-5-13-10/h4,6,11H,3,5,12H2,1-2H3. The molecular formula is C11H15NO2. The minimum atomic E-state index is -0.171. The van der Waals surface area contributed by atoms with Gasteiger partial charge in [-0.25, -0.2) is 0 Å². The highest BCUT2D eigenvalue weighted by molar-refractivity contribution is 5.29. The van der Waals surface area contributed by atoms with Gasteiger partial charge in [0.2, 0.25) is 0 Å². The van der Waals surface area contributed by atoms with Crippen molar-refractivity contribution in [1.82, 2.24) is 0 Å². The van der Waals surface area contributed by atoms with Crippen LogP contribution in [0.25, 0.3) is 0 Å². The van der Waals surface area contributed by atoms with Crippen molar-refractivity contribution in [3.05, 3.63) is 35.0 Å². The average molecular weight is 193 g/mol. The van der Waals surface area contributed by atoms with Gasteiger partial charge in [-0.1, -0.05) is 0 Å². The van der Waals surface area contributed by atoms with Crippen molar-refractivity contribution < 1.29 is 9.15 Å². The predicted octanol–water partition coefficient (Wildman–Crippen LogP) is 2.20. The summed E-state index contributed by atoms with van der Waals surface area (Å²) in [4.78, 5) is 0. The van der Waals surface area contributed by atoms with Gasteiger partial charge in [-0.05, 0) is 26.0 Å². The van der Waals surface area contributed by atoms with E-state index < -0.39 is 0 Å². The molecule has 1 aliphatic rings. The van der Waals surface area contributed by atoms with E-state index in [0.29, 0.717) is 0 Å². The molecule has 1 unspecified atom stereocenters. The van der Waals surface area contributed by atoms with Crippen molar-refractivity contribution >= 4 is 0 Å². The van der Waals surface area contributed by atoms with Crippen LogP contribution in [0.15, 0.2) is 22.3 Å². The lowest BCUT2D eigenvalue weighted by atomic mass is 10.1. The molecule has 76 valence electrons. The van der Waals surface area contributed by atoms with Gasteiger partial charge < -0.3 is 14.9 Å². The SMILES string of the molecule is Cc1cc(C(N)C2=CCCO2)c(C)o1. The van der Waals surface area contributed by atoms with Crippen LogP contribution in [-0.2, 0) is 4.74 Å². The van der Waals surface area contributed by atoms with Crippen LogP contribution in [0.4, 0.5) is 0 Å². The Labute approximate surface area is 83.5 Å². The summed E-state index contributed by atoms with van der Waals surface area (Å²) in [6.07, 6.45) is 3.01. The van der Waals surface area contributed by atoms with Crippen LogP contribution in [0.2, 0.25) is 0 Å². The molecule has 2 heterocycles. The van der Waals surface area contributed by atoms with E-state index in [2.05, 4.69) is 0 Å². The summed E-state index contributed by atoms with van der Waals surface area (Å²) in [6, 6.07) is 1.80. The van der Waals surface area contributed by atoms with Crippen molar-refractivity contribution in [3.8, 4) is 0 Å². The number of ether oxygens (including phenoxy) is 1. The Morgan fingerprint density at radius 1 is 1.43 bits per heavy atom. The predicted molar refractivity (Wildman–Crippen MR) is 53.8 cm³/mol. The molecule has 2 N–H and O–H groups in total. The molecule has 0 saturated carbocycles. The van der Waals surface area contributed by atoms with Gasteiger partial charge >= 0.3 is 0 Å². The van der Waals surface area contributed by atoms with E-state index in [1.807, 2.05) is 26.0 Å². The monoisotopic (exact) mass is 193 g/mol. The van der Waals surface area contributed by atoms with Gasteiger partial charge in [-0.2, -0.15) is 0 Å². The third kappa shape index (κ3) is 1.55. The molecule has 1 atom stereocenters. The summed E-state index contributed by atoms with van der Waals surface area (Å²) in [5.74, 6) is 2.65. The molecule has 3 nitrogen and oxygen atoms in total. The first-order chi connectivity index (χ1) is 6.68. The molecule has 14 heavy (non-hydrogen) atoms. The van der Waals surface area contributed by atoms with Crippen LogP contribution in [0.1, 0.15) is 29.5 Å². The van der Waals surface area contributed by atoms with Gasteiger partial charge in [-0.3, -0.25) is 0 Å². The van der Waals surface area contributed by atoms with E-state index in [-0.39, 0.29) is 6.04 Å². The summed E-state index contributed by atoms with van der Waals surface area (Å²) in [5.41, 5.74) is 7.08. The normalized spacial score (nSPS) is 17.8. The number of nitrogens with two attached hydrogens (primary N) is 1. The quantitative estimate of drug-likeness (QED) is 0.783. The zero-order chi connectivity index (χ0) is 10.1. The molecule has 0 aliphatic carbocycles. The molecule has 0 spiro atoms. The minimum Gasteiger partial charge on any atom is -0.496 e. The molecule has 0 aromatic carbocycles. The number of hydrogen-bond acceptors (Lipinski definition) is 3. The van der Waals surface area contributed by atoms with Gasteiger partial charge in [0.15, 0.2) is 0 Å². The van der Waals surface area contributed by atoms with E-state index in [4.69, 9.17) is 14.9 Å². The molecule has 2 rings (SSSR count). The van der Waals surface area contributed by atoms with Gasteiger partial charge in [0.25, 0.3) is 0 Å². The van der Waals surface area contributed by atoms with Gasteiger partial charge in [0, 0.05) is 12.0 Å². The van der Waals surface area contributed by atoms with Gasteiger partial charge in [0.1, 0.15) is 17.3 Å². The van der Waals surface area contributed by atoms with Crippen molar-refractivity contribution in [2.75, 3.05) is 6.61 Å². The molecular weight excluding hydrogens is 178 g/mol. The second-order valence-electron chi connectivity index (χ2n) is 3.59. The maximum absolute atomic E-state index is 6.06. The van der Waals surface area contributed by atoms with E-state index in [1.54, 1.807) is 0 Å². The Morgan fingerprint density at radius 2 is 2.21 bits per heavy atom. The topological polar surface area (TPSA) is 48.4 Å². The highest BCUT2D eigenvalue weighted by atomic mass is 16.5. The van der Waals surface area contributed by atoms with Crippen molar-refractivity contribution in [2.24, 2.45) is 5.73 Å². The van der Waals surface area contributed by atoms with E-state index in [0.717, 1.165) is 35.9 Å². The lowest BCUT2D eigenvalue weighted by molar-refractivity contribution is 0.225. The highest BCUT2D eigenvalue weighted by Gasteiger charge is 2.20. The molecule has 0 fully saturated rings.